The Morgan fingerprint density at radius 2 is 1.85 bits per heavy atom. The fourth-order valence-corrected chi connectivity index (χ4v) is 4.66. The molecule has 2 aromatic carbocycles. The maximum Gasteiger partial charge on any atom is 0.376 e. The molecular weight excluding hydrogens is 458 g/mol. The Morgan fingerprint density at radius 1 is 1.18 bits per heavy atom. The number of fused-ring (bicyclic) bond motifs is 1. The van der Waals surface area contributed by atoms with Crippen LogP contribution in [0.5, 0.6) is 0 Å². The van der Waals surface area contributed by atoms with Crippen LogP contribution in [0.4, 0.5) is 11.4 Å². The largest absolute Gasteiger partial charge is 0.376 e. The van der Waals surface area contributed by atoms with E-state index in [9.17, 15) is 24.9 Å². The van der Waals surface area contributed by atoms with E-state index in [1.165, 1.54) is 6.08 Å². The first-order valence-electron chi connectivity index (χ1n) is 11.1. The van der Waals surface area contributed by atoms with Crippen LogP contribution < -0.4 is 10.2 Å². The van der Waals surface area contributed by atoms with Crippen LogP contribution in [-0.4, -0.2) is 51.2 Å². The number of nitrogens with one attached hydrogen (secondary N) is 1. The van der Waals surface area contributed by atoms with Crippen LogP contribution in [-0.2, 0) is 21.5 Å². The summed E-state index contributed by atoms with van der Waals surface area (Å²) < 4.78 is 0. The van der Waals surface area contributed by atoms with Gasteiger partial charge in [0.05, 0.1) is 24.3 Å². The van der Waals surface area contributed by atoms with Crippen LogP contribution in [0, 0.1) is 6.92 Å². The highest BCUT2D eigenvalue weighted by Gasteiger charge is 2.47. The van der Waals surface area contributed by atoms with Gasteiger partial charge in [-0.1, -0.05) is 50.2 Å². The third-order valence-electron chi connectivity index (χ3n) is 6.06. The monoisotopic (exact) mass is 487 g/mol. The minimum atomic E-state index is -3.31. The van der Waals surface area contributed by atoms with E-state index in [1.54, 1.807) is 23.1 Å². The van der Waals surface area contributed by atoms with Crippen molar-refractivity contribution < 1.29 is 24.9 Å². The Hall–Kier alpha value is -2.91. The smallest absolute Gasteiger partial charge is 0.372 e. The molecule has 34 heavy (non-hydrogen) atoms. The molecule has 0 saturated carbocycles. The molecule has 1 fully saturated rings. The lowest BCUT2D eigenvalue weighted by Crippen LogP contribution is -2.65. The minimum absolute atomic E-state index is 0.0491. The number of rotatable bonds is 5. The maximum absolute atomic E-state index is 12.3. The summed E-state index contributed by atoms with van der Waals surface area (Å²) in [6.45, 7) is 10.2. The second-order valence-electron chi connectivity index (χ2n) is 8.19. The standard InChI is InChI=1S/C23H24ClN3O5.C2H6/c1-3-20(28)26-12-22(13-26,17-5-4-6-18(24)14(17)2)25-16-9-7-15-8-10-21(29)27(19(15)11-16)23(30,31)32;1-2/h3-7,9,11,25,30-32H,1,8,10,12-13H2,2H3;1-2H3. The summed E-state index contributed by atoms with van der Waals surface area (Å²) >= 11 is 6.36. The first kappa shape index (κ1) is 25.7. The van der Waals surface area contributed by atoms with Crippen molar-refractivity contribution in [1.82, 2.24) is 4.90 Å². The van der Waals surface area contributed by atoms with Crippen molar-refractivity contribution >= 4 is 34.8 Å². The lowest BCUT2D eigenvalue weighted by Gasteiger charge is -2.51. The molecule has 4 rings (SSSR count). The molecular formula is C25H30ClN3O5. The van der Waals surface area contributed by atoms with Gasteiger partial charge in [0, 0.05) is 17.1 Å². The van der Waals surface area contributed by atoms with Gasteiger partial charge in [0.25, 0.3) is 0 Å². The van der Waals surface area contributed by atoms with E-state index in [2.05, 4.69) is 11.9 Å². The number of aliphatic hydroxyl groups is 3. The molecule has 182 valence electrons. The van der Waals surface area contributed by atoms with Gasteiger partial charge in [-0.3, -0.25) is 9.59 Å². The molecule has 2 heterocycles. The van der Waals surface area contributed by atoms with E-state index in [1.807, 2.05) is 39.0 Å². The second-order valence-corrected chi connectivity index (χ2v) is 8.60. The van der Waals surface area contributed by atoms with Gasteiger partial charge in [0.1, 0.15) is 0 Å². The van der Waals surface area contributed by atoms with E-state index >= 15 is 0 Å². The van der Waals surface area contributed by atoms with E-state index < -0.39 is 17.5 Å². The van der Waals surface area contributed by atoms with Crippen molar-refractivity contribution in [3.63, 3.8) is 0 Å². The number of anilines is 2. The fraction of sp³-hybridized carbons (Fsp3) is 0.360. The molecule has 2 aliphatic heterocycles. The summed E-state index contributed by atoms with van der Waals surface area (Å²) in [7, 11) is 0. The normalized spacial score (nSPS) is 16.6. The van der Waals surface area contributed by atoms with Crippen LogP contribution in [0.3, 0.4) is 0 Å². The van der Waals surface area contributed by atoms with Crippen molar-refractivity contribution in [1.29, 1.82) is 0 Å². The molecule has 0 atom stereocenters. The number of hydrogen-bond acceptors (Lipinski definition) is 6. The molecule has 0 unspecified atom stereocenters. The lowest BCUT2D eigenvalue weighted by molar-refractivity contribution is -0.306. The van der Waals surface area contributed by atoms with Gasteiger partial charge < -0.3 is 25.5 Å². The number of nitrogens with zero attached hydrogens (tertiary/aromatic N) is 2. The number of amides is 2. The highest BCUT2D eigenvalue weighted by molar-refractivity contribution is 6.31. The highest BCUT2D eigenvalue weighted by atomic mass is 35.5. The molecule has 2 aliphatic rings. The number of carbonyl (C=O) groups is 2. The quantitative estimate of drug-likeness (QED) is 0.381. The van der Waals surface area contributed by atoms with E-state index in [0.29, 0.717) is 40.7 Å². The van der Waals surface area contributed by atoms with Crippen molar-refractivity contribution in [3.8, 4) is 0 Å². The van der Waals surface area contributed by atoms with Crippen molar-refractivity contribution in [2.75, 3.05) is 23.3 Å². The number of aryl methyl sites for hydroxylation is 1. The molecule has 0 aromatic heterocycles. The van der Waals surface area contributed by atoms with Gasteiger partial charge in [-0.05, 0) is 54.3 Å². The zero-order valence-electron chi connectivity index (χ0n) is 19.5. The van der Waals surface area contributed by atoms with Gasteiger partial charge in [-0.25, -0.2) is 4.90 Å². The third kappa shape index (κ3) is 4.67. The number of benzene rings is 2. The summed E-state index contributed by atoms with van der Waals surface area (Å²) in [5.41, 5.74) is 2.63. The predicted octanol–water partition coefficient (Wildman–Crippen LogP) is 2.88. The average Bonchev–Trinajstić information content (AvgIpc) is 2.77. The number of hydrogen-bond donors (Lipinski definition) is 4. The first-order chi connectivity index (χ1) is 16.1. The van der Waals surface area contributed by atoms with E-state index in [0.717, 1.165) is 11.1 Å². The van der Waals surface area contributed by atoms with Crippen LogP contribution in [0.2, 0.25) is 5.02 Å². The molecule has 2 amide bonds. The van der Waals surface area contributed by atoms with Crippen molar-refractivity contribution in [2.45, 2.75) is 45.2 Å². The van der Waals surface area contributed by atoms with Crippen molar-refractivity contribution in [2.24, 2.45) is 0 Å². The minimum Gasteiger partial charge on any atom is -0.372 e. The van der Waals surface area contributed by atoms with Crippen LogP contribution in [0.1, 0.15) is 37.0 Å². The molecule has 1 saturated heterocycles. The topological polar surface area (TPSA) is 113 Å². The molecule has 0 spiro atoms. The van der Waals surface area contributed by atoms with Crippen LogP contribution >= 0.6 is 11.6 Å². The van der Waals surface area contributed by atoms with Crippen LogP contribution in [0.15, 0.2) is 49.1 Å². The summed E-state index contributed by atoms with van der Waals surface area (Å²) in [5, 5.41) is 33.3. The summed E-state index contributed by atoms with van der Waals surface area (Å²) in [6, 6.07) is 10.8. The third-order valence-corrected chi connectivity index (χ3v) is 6.47. The maximum atomic E-state index is 12.3. The number of carbonyl (C=O) groups excluding carboxylic acids is 2. The lowest BCUT2D eigenvalue weighted by atomic mass is 9.79. The molecule has 4 N–H and O–H groups in total. The number of halogens is 1. The summed E-state index contributed by atoms with van der Waals surface area (Å²) in [6.07, 6.45) is -1.58. The van der Waals surface area contributed by atoms with Gasteiger partial charge in [-0.15, -0.1) is 0 Å². The molecule has 0 radical (unpaired) electrons. The Labute approximate surface area is 204 Å². The highest BCUT2D eigenvalue weighted by Crippen LogP contribution is 2.41. The van der Waals surface area contributed by atoms with Crippen molar-refractivity contribution in [3.05, 3.63) is 70.8 Å². The predicted molar refractivity (Wildman–Crippen MR) is 131 cm³/mol. The van der Waals surface area contributed by atoms with Gasteiger partial charge >= 0.3 is 6.10 Å². The SMILES string of the molecule is C=CC(=O)N1CC(Nc2ccc3c(c2)N(C(O)(O)O)C(=O)CC3)(c2cccc(Cl)c2C)C1.CC. The first-order valence-corrected chi connectivity index (χ1v) is 11.5. The second kappa shape index (κ2) is 9.76. The fourth-order valence-electron chi connectivity index (χ4n) is 4.49. The average molecular weight is 488 g/mol. The van der Waals surface area contributed by atoms with Gasteiger partial charge in [-0.2, -0.15) is 0 Å². The zero-order valence-corrected chi connectivity index (χ0v) is 20.3. The number of likely N-dealkylation sites (tertiary alicyclic amines) is 1. The Balaban J connectivity index is 0.00000158. The van der Waals surface area contributed by atoms with Gasteiger partial charge in [0.15, 0.2) is 0 Å². The Bertz CT molecular complexity index is 1110. The zero-order chi connectivity index (χ0) is 25.3. The molecule has 0 bridgehead atoms. The molecule has 2 aromatic rings. The Kier molecular flexibility index (Phi) is 7.38. The molecule has 8 nitrogen and oxygen atoms in total. The summed E-state index contributed by atoms with van der Waals surface area (Å²) in [5.74, 6) is -0.788. The Morgan fingerprint density at radius 3 is 2.47 bits per heavy atom. The van der Waals surface area contributed by atoms with E-state index in [-0.39, 0.29) is 18.0 Å². The molecule has 0 aliphatic carbocycles. The van der Waals surface area contributed by atoms with E-state index in [4.69, 9.17) is 11.6 Å². The molecule has 9 heteroatoms. The van der Waals surface area contributed by atoms with Gasteiger partial charge in [0.2, 0.25) is 11.8 Å². The van der Waals surface area contributed by atoms with Crippen LogP contribution in [0.25, 0.3) is 0 Å². The summed E-state index contributed by atoms with van der Waals surface area (Å²) in [4.78, 5) is 26.6.